The van der Waals surface area contributed by atoms with Gasteiger partial charge in [-0.2, -0.15) is 0 Å². The smallest absolute Gasteiger partial charge is 0.307 e. The number of carboxylic acid groups (broad SMARTS) is 1. The van der Waals surface area contributed by atoms with Gasteiger partial charge in [-0.25, -0.2) is 8.78 Å². The summed E-state index contributed by atoms with van der Waals surface area (Å²) in [5.74, 6) is -2.55. The Morgan fingerprint density at radius 1 is 1.40 bits per heavy atom. The quantitative estimate of drug-likeness (QED) is 0.636. The summed E-state index contributed by atoms with van der Waals surface area (Å²) in [7, 11) is 0. The summed E-state index contributed by atoms with van der Waals surface area (Å²) in [6.07, 6.45) is 2.83. The van der Waals surface area contributed by atoms with Gasteiger partial charge in [-0.05, 0) is 34.0 Å². The molecule has 1 unspecified atom stereocenters. The number of hydrogen-bond acceptors (Lipinski definition) is 3. The van der Waals surface area contributed by atoms with Gasteiger partial charge < -0.3 is 19.2 Å². The van der Waals surface area contributed by atoms with Gasteiger partial charge in [0.2, 0.25) is 0 Å². The average molecular weight is 412 g/mol. The van der Waals surface area contributed by atoms with E-state index in [1.807, 2.05) is 0 Å². The second-order valence-electron chi connectivity index (χ2n) is 5.89. The Morgan fingerprint density at radius 3 is 2.88 bits per heavy atom. The van der Waals surface area contributed by atoms with E-state index in [4.69, 9.17) is 9.15 Å². The van der Waals surface area contributed by atoms with Crippen molar-refractivity contribution < 1.29 is 27.8 Å². The minimum Gasteiger partial charge on any atom is -0.481 e. The molecule has 0 bridgehead atoms. The number of furan rings is 1. The fraction of sp³-hybridized carbons (Fsp3) is 0.235. The Labute approximate surface area is 148 Å². The lowest BCUT2D eigenvalue weighted by atomic mass is 9.83. The fourth-order valence-electron chi connectivity index (χ4n) is 3.50. The number of nitrogens with one attached hydrogen (secondary N) is 1. The van der Waals surface area contributed by atoms with Crippen molar-refractivity contribution in [2.45, 2.75) is 18.4 Å². The van der Waals surface area contributed by atoms with Gasteiger partial charge in [0.15, 0.2) is 0 Å². The maximum absolute atomic E-state index is 14.3. The normalized spacial score (nSPS) is 20.0. The summed E-state index contributed by atoms with van der Waals surface area (Å²) < 4.78 is 39.4. The van der Waals surface area contributed by atoms with Gasteiger partial charge in [0.05, 0.1) is 41.2 Å². The van der Waals surface area contributed by atoms with Crippen LogP contribution >= 0.6 is 15.9 Å². The molecule has 0 amide bonds. The number of aliphatic carboxylic acids is 1. The molecular formula is C17H12BrF2NO4. The van der Waals surface area contributed by atoms with Gasteiger partial charge in [0.1, 0.15) is 17.2 Å². The molecule has 3 aromatic rings. The van der Waals surface area contributed by atoms with E-state index >= 15 is 0 Å². The molecule has 130 valence electrons. The third-order valence-corrected chi connectivity index (χ3v) is 5.29. The van der Waals surface area contributed by atoms with Crippen LogP contribution in [0.4, 0.5) is 8.78 Å². The molecule has 3 heterocycles. The van der Waals surface area contributed by atoms with E-state index in [0.717, 1.165) is 6.07 Å². The van der Waals surface area contributed by atoms with Crippen molar-refractivity contribution in [1.82, 2.24) is 4.98 Å². The monoisotopic (exact) mass is 411 g/mol. The van der Waals surface area contributed by atoms with Crippen LogP contribution in [0.1, 0.15) is 23.2 Å². The van der Waals surface area contributed by atoms with Crippen LogP contribution < -0.4 is 0 Å². The third kappa shape index (κ3) is 2.31. The van der Waals surface area contributed by atoms with E-state index in [1.165, 1.54) is 12.5 Å². The van der Waals surface area contributed by atoms with Gasteiger partial charge in [-0.15, -0.1) is 0 Å². The first-order valence-electron chi connectivity index (χ1n) is 7.51. The predicted octanol–water partition coefficient (Wildman–Crippen LogP) is 4.09. The minimum atomic E-state index is -1.35. The lowest BCUT2D eigenvalue weighted by molar-refractivity contribution is -0.144. The summed E-state index contributed by atoms with van der Waals surface area (Å²) in [6, 6.07) is 2.39. The molecule has 1 aliphatic rings. The third-order valence-electron chi connectivity index (χ3n) is 4.52. The van der Waals surface area contributed by atoms with Crippen LogP contribution in [0.25, 0.3) is 10.9 Å². The largest absolute Gasteiger partial charge is 0.481 e. The Balaban J connectivity index is 2.07. The molecular weight excluding hydrogens is 400 g/mol. The molecule has 0 fully saturated rings. The summed E-state index contributed by atoms with van der Waals surface area (Å²) in [4.78, 5) is 14.4. The van der Waals surface area contributed by atoms with Gasteiger partial charge in [0.25, 0.3) is 0 Å². The Kier molecular flexibility index (Phi) is 3.69. The zero-order valence-electron chi connectivity index (χ0n) is 12.7. The van der Waals surface area contributed by atoms with Crippen molar-refractivity contribution >= 4 is 32.8 Å². The van der Waals surface area contributed by atoms with E-state index in [1.54, 1.807) is 6.07 Å². The maximum Gasteiger partial charge on any atom is 0.307 e. The van der Waals surface area contributed by atoms with Crippen LogP contribution in [0.15, 0.2) is 33.5 Å². The number of fused-ring (bicyclic) bond motifs is 3. The molecule has 0 spiro atoms. The Bertz CT molecular complexity index is 983. The number of hydrogen-bond donors (Lipinski definition) is 2. The lowest BCUT2D eigenvalue weighted by Crippen LogP contribution is -2.38. The van der Waals surface area contributed by atoms with E-state index < -0.39 is 23.2 Å². The number of aromatic amines is 1. The maximum atomic E-state index is 14.3. The number of halogens is 3. The van der Waals surface area contributed by atoms with E-state index in [-0.39, 0.29) is 23.0 Å². The van der Waals surface area contributed by atoms with Crippen molar-refractivity contribution in [2.24, 2.45) is 0 Å². The molecule has 8 heteroatoms. The predicted molar refractivity (Wildman–Crippen MR) is 87.3 cm³/mol. The summed E-state index contributed by atoms with van der Waals surface area (Å²) in [6.45, 7) is 0.211. The van der Waals surface area contributed by atoms with Crippen LogP contribution in [0.2, 0.25) is 0 Å². The minimum absolute atomic E-state index is 0.113. The molecule has 2 aromatic heterocycles. The van der Waals surface area contributed by atoms with Gasteiger partial charge in [0, 0.05) is 17.0 Å². The summed E-state index contributed by atoms with van der Waals surface area (Å²) >= 11 is 3.17. The summed E-state index contributed by atoms with van der Waals surface area (Å²) in [5.41, 5.74) is 0.298. The number of benzene rings is 1. The van der Waals surface area contributed by atoms with Gasteiger partial charge >= 0.3 is 5.97 Å². The van der Waals surface area contributed by atoms with Crippen LogP contribution in [0.3, 0.4) is 0 Å². The van der Waals surface area contributed by atoms with Crippen molar-refractivity contribution in [3.8, 4) is 0 Å². The van der Waals surface area contributed by atoms with Crippen LogP contribution in [0, 0.1) is 11.6 Å². The number of rotatable bonds is 3. The molecule has 1 aliphatic heterocycles. The van der Waals surface area contributed by atoms with Gasteiger partial charge in [-0.3, -0.25) is 4.79 Å². The highest BCUT2D eigenvalue weighted by atomic mass is 79.9. The highest BCUT2D eigenvalue weighted by Gasteiger charge is 2.45. The number of carbonyl (C=O) groups is 1. The first-order valence-corrected chi connectivity index (χ1v) is 8.30. The zero-order chi connectivity index (χ0) is 17.8. The second-order valence-corrected chi connectivity index (χ2v) is 6.68. The molecule has 0 saturated carbocycles. The molecule has 0 radical (unpaired) electrons. The van der Waals surface area contributed by atoms with Crippen molar-refractivity contribution in [3.05, 3.63) is 57.6 Å². The zero-order valence-corrected chi connectivity index (χ0v) is 14.3. The highest BCUT2D eigenvalue weighted by Crippen LogP contribution is 2.46. The van der Waals surface area contributed by atoms with Gasteiger partial charge in [-0.1, -0.05) is 0 Å². The van der Waals surface area contributed by atoms with Crippen LogP contribution in [0.5, 0.6) is 0 Å². The first kappa shape index (κ1) is 16.3. The van der Waals surface area contributed by atoms with E-state index in [0.29, 0.717) is 28.6 Å². The lowest BCUT2D eigenvalue weighted by Gasteiger charge is -2.35. The second kappa shape index (κ2) is 5.67. The molecule has 0 saturated heterocycles. The molecule has 25 heavy (non-hydrogen) atoms. The molecule has 2 N–H and O–H groups in total. The molecule has 5 nitrogen and oxygen atoms in total. The Hall–Kier alpha value is -2.19. The van der Waals surface area contributed by atoms with Crippen molar-refractivity contribution in [2.75, 3.05) is 6.61 Å². The van der Waals surface area contributed by atoms with Crippen molar-refractivity contribution in [3.63, 3.8) is 0 Å². The number of ether oxygens (including phenoxy) is 1. The molecule has 0 aliphatic carbocycles. The average Bonchev–Trinajstić information content (AvgIpc) is 3.21. The number of H-pyrrole nitrogens is 1. The van der Waals surface area contributed by atoms with E-state index in [2.05, 4.69) is 20.9 Å². The molecule has 1 atom stereocenters. The topological polar surface area (TPSA) is 75.5 Å². The van der Waals surface area contributed by atoms with Crippen LogP contribution in [-0.4, -0.2) is 22.7 Å². The first-order chi connectivity index (χ1) is 11.9. The number of aromatic nitrogens is 1. The fourth-order valence-corrected chi connectivity index (χ4v) is 4.05. The molecule has 1 aromatic carbocycles. The van der Waals surface area contributed by atoms with E-state index in [9.17, 15) is 18.7 Å². The standard InChI is InChI=1S/C17H12BrF2NO4/c18-14-10(19)5-11(20)15-13(14)9-2-4-25-17(6-12(22)23,16(9)21-15)8-1-3-24-7-8/h1,3,5,7,21H,2,4,6H2,(H,22,23). The van der Waals surface area contributed by atoms with Crippen molar-refractivity contribution in [1.29, 1.82) is 0 Å². The number of carboxylic acids is 1. The van der Waals surface area contributed by atoms with Crippen LogP contribution in [-0.2, 0) is 21.6 Å². The highest BCUT2D eigenvalue weighted by molar-refractivity contribution is 9.10. The SMILES string of the molecule is O=C(O)CC1(c2ccoc2)OCCc2c1[nH]c1c(F)cc(F)c(Br)c21. The Morgan fingerprint density at radius 2 is 2.20 bits per heavy atom. The summed E-state index contributed by atoms with van der Waals surface area (Å²) in [5, 5.41) is 9.79. The molecule has 4 rings (SSSR count).